The van der Waals surface area contributed by atoms with Gasteiger partial charge in [-0.2, -0.15) is 0 Å². The Bertz CT molecular complexity index is 491. The van der Waals surface area contributed by atoms with E-state index >= 15 is 0 Å². The lowest BCUT2D eigenvalue weighted by atomic mass is 10.1. The molecule has 1 aromatic heterocycles. The molecule has 0 spiro atoms. The molecule has 0 amide bonds. The molecule has 0 aliphatic rings. The van der Waals surface area contributed by atoms with Crippen molar-refractivity contribution in [3.05, 3.63) is 36.0 Å². The Morgan fingerprint density at radius 2 is 2.06 bits per heavy atom. The summed E-state index contributed by atoms with van der Waals surface area (Å²) in [4.78, 5) is 0. The van der Waals surface area contributed by atoms with Crippen LogP contribution in [0.3, 0.4) is 0 Å². The van der Waals surface area contributed by atoms with Gasteiger partial charge < -0.3 is 15.0 Å². The lowest BCUT2D eigenvalue weighted by Crippen LogP contribution is -2.09. The molecule has 0 saturated carbocycles. The van der Waals surface area contributed by atoms with Crippen LogP contribution in [-0.4, -0.2) is 11.3 Å². The topological polar surface area (TPSA) is 61.3 Å². The van der Waals surface area contributed by atoms with Gasteiger partial charge in [0.15, 0.2) is 5.76 Å². The summed E-state index contributed by atoms with van der Waals surface area (Å²) in [7, 11) is 0. The van der Waals surface area contributed by atoms with E-state index in [1.165, 1.54) is 0 Å². The molecule has 4 heteroatoms. The molecule has 1 atom stereocenters. The normalized spacial score (nSPS) is 12.4. The number of rotatable bonds is 5. The SMILES string of the molecule is CCC(C)Oc1ccc(-c2cc(CN)no2)cc1. The van der Waals surface area contributed by atoms with E-state index in [1.54, 1.807) is 0 Å². The number of nitrogens with zero attached hydrogens (tertiary/aromatic N) is 1. The predicted octanol–water partition coefficient (Wildman–Crippen LogP) is 2.98. The van der Waals surface area contributed by atoms with Gasteiger partial charge in [0, 0.05) is 18.2 Å². The summed E-state index contributed by atoms with van der Waals surface area (Å²) in [6.07, 6.45) is 1.22. The molecule has 96 valence electrons. The molecule has 2 rings (SSSR count). The zero-order valence-electron chi connectivity index (χ0n) is 10.7. The zero-order chi connectivity index (χ0) is 13.0. The molecule has 2 aromatic rings. The van der Waals surface area contributed by atoms with E-state index in [-0.39, 0.29) is 6.10 Å². The molecule has 1 unspecified atom stereocenters. The second-order valence-corrected chi connectivity index (χ2v) is 4.25. The molecular weight excluding hydrogens is 228 g/mol. The van der Waals surface area contributed by atoms with E-state index in [4.69, 9.17) is 15.0 Å². The molecule has 0 aliphatic heterocycles. The highest BCUT2D eigenvalue weighted by molar-refractivity contribution is 5.58. The minimum Gasteiger partial charge on any atom is -0.491 e. The van der Waals surface area contributed by atoms with E-state index in [0.29, 0.717) is 6.54 Å². The summed E-state index contributed by atoms with van der Waals surface area (Å²) in [5.74, 6) is 1.59. The van der Waals surface area contributed by atoms with Crippen LogP contribution in [-0.2, 0) is 6.54 Å². The van der Waals surface area contributed by atoms with Crippen LogP contribution in [0.4, 0.5) is 0 Å². The number of benzene rings is 1. The number of hydrogen-bond donors (Lipinski definition) is 1. The first-order valence-corrected chi connectivity index (χ1v) is 6.15. The summed E-state index contributed by atoms with van der Waals surface area (Å²) in [5, 5.41) is 3.86. The van der Waals surface area contributed by atoms with Crippen molar-refractivity contribution in [2.45, 2.75) is 32.9 Å². The molecule has 18 heavy (non-hydrogen) atoms. The lowest BCUT2D eigenvalue weighted by Gasteiger charge is -2.12. The maximum absolute atomic E-state index is 5.71. The van der Waals surface area contributed by atoms with Gasteiger partial charge in [-0.15, -0.1) is 0 Å². The van der Waals surface area contributed by atoms with Gasteiger partial charge >= 0.3 is 0 Å². The Morgan fingerprint density at radius 1 is 1.33 bits per heavy atom. The van der Waals surface area contributed by atoms with Crippen LogP contribution in [0.2, 0.25) is 0 Å². The average Bonchev–Trinajstić information content (AvgIpc) is 2.88. The van der Waals surface area contributed by atoms with Crippen LogP contribution in [0.1, 0.15) is 26.0 Å². The third kappa shape index (κ3) is 2.90. The number of nitrogens with two attached hydrogens (primary N) is 1. The standard InChI is InChI=1S/C14H18N2O2/c1-3-10(2)17-13-6-4-11(5-7-13)14-8-12(9-15)16-18-14/h4-8,10H,3,9,15H2,1-2H3. The summed E-state index contributed by atoms with van der Waals surface area (Å²) >= 11 is 0. The maximum atomic E-state index is 5.71. The number of ether oxygens (including phenoxy) is 1. The van der Waals surface area contributed by atoms with Crippen molar-refractivity contribution < 1.29 is 9.26 Å². The summed E-state index contributed by atoms with van der Waals surface area (Å²) in [6, 6.07) is 9.64. The largest absolute Gasteiger partial charge is 0.491 e. The van der Waals surface area contributed by atoms with Gasteiger partial charge in [-0.25, -0.2) is 0 Å². The predicted molar refractivity (Wildman–Crippen MR) is 70.2 cm³/mol. The van der Waals surface area contributed by atoms with Crippen molar-refractivity contribution in [2.75, 3.05) is 0 Å². The highest BCUT2D eigenvalue weighted by Gasteiger charge is 2.06. The molecule has 0 fully saturated rings. The first-order chi connectivity index (χ1) is 8.72. The highest BCUT2D eigenvalue weighted by atomic mass is 16.5. The van der Waals surface area contributed by atoms with E-state index in [9.17, 15) is 0 Å². The second-order valence-electron chi connectivity index (χ2n) is 4.25. The van der Waals surface area contributed by atoms with Gasteiger partial charge in [0.2, 0.25) is 0 Å². The third-order valence-corrected chi connectivity index (χ3v) is 2.82. The molecule has 1 heterocycles. The smallest absolute Gasteiger partial charge is 0.167 e. The van der Waals surface area contributed by atoms with Gasteiger partial charge in [0.1, 0.15) is 5.75 Å². The van der Waals surface area contributed by atoms with Gasteiger partial charge in [-0.1, -0.05) is 12.1 Å². The van der Waals surface area contributed by atoms with Crippen molar-refractivity contribution in [1.29, 1.82) is 0 Å². The van der Waals surface area contributed by atoms with Crippen molar-refractivity contribution >= 4 is 0 Å². The van der Waals surface area contributed by atoms with Crippen molar-refractivity contribution in [3.8, 4) is 17.1 Å². The molecule has 0 saturated heterocycles. The van der Waals surface area contributed by atoms with Crippen LogP contribution >= 0.6 is 0 Å². The summed E-state index contributed by atoms with van der Waals surface area (Å²) < 4.78 is 10.9. The minimum atomic E-state index is 0.227. The molecule has 2 N–H and O–H groups in total. The van der Waals surface area contributed by atoms with Crippen molar-refractivity contribution in [3.63, 3.8) is 0 Å². The Kier molecular flexibility index (Phi) is 3.99. The summed E-state index contributed by atoms with van der Waals surface area (Å²) in [5.41, 5.74) is 7.22. The summed E-state index contributed by atoms with van der Waals surface area (Å²) in [6.45, 7) is 4.54. The van der Waals surface area contributed by atoms with Gasteiger partial charge in [-0.3, -0.25) is 0 Å². The van der Waals surface area contributed by atoms with Crippen LogP contribution in [0.15, 0.2) is 34.9 Å². The number of aromatic nitrogens is 1. The van der Waals surface area contributed by atoms with E-state index in [1.807, 2.05) is 30.3 Å². The first-order valence-electron chi connectivity index (χ1n) is 6.15. The molecule has 0 aliphatic carbocycles. The Hall–Kier alpha value is -1.81. The third-order valence-electron chi connectivity index (χ3n) is 2.82. The fraction of sp³-hybridized carbons (Fsp3) is 0.357. The van der Waals surface area contributed by atoms with Gasteiger partial charge in [-0.05, 0) is 37.6 Å². The van der Waals surface area contributed by atoms with Crippen LogP contribution < -0.4 is 10.5 Å². The zero-order valence-corrected chi connectivity index (χ0v) is 10.7. The van der Waals surface area contributed by atoms with Crippen LogP contribution in [0, 0.1) is 0 Å². The fourth-order valence-electron chi connectivity index (χ4n) is 1.56. The minimum absolute atomic E-state index is 0.227. The molecular formula is C14H18N2O2. The van der Waals surface area contributed by atoms with E-state index in [0.717, 1.165) is 29.2 Å². The van der Waals surface area contributed by atoms with Crippen LogP contribution in [0.5, 0.6) is 5.75 Å². The van der Waals surface area contributed by atoms with Crippen molar-refractivity contribution in [2.24, 2.45) is 5.73 Å². The average molecular weight is 246 g/mol. The lowest BCUT2D eigenvalue weighted by molar-refractivity contribution is 0.217. The van der Waals surface area contributed by atoms with Gasteiger partial charge in [0.25, 0.3) is 0 Å². The molecule has 1 aromatic carbocycles. The van der Waals surface area contributed by atoms with E-state index in [2.05, 4.69) is 19.0 Å². The maximum Gasteiger partial charge on any atom is 0.167 e. The van der Waals surface area contributed by atoms with Crippen LogP contribution in [0.25, 0.3) is 11.3 Å². The Balaban J connectivity index is 2.11. The van der Waals surface area contributed by atoms with Crippen molar-refractivity contribution in [1.82, 2.24) is 5.16 Å². The van der Waals surface area contributed by atoms with Gasteiger partial charge in [0.05, 0.1) is 11.8 Å². The molecule has 0 bridgehead atoms. The molecule has 0 radical (unpaired) electrons. The first kappa shape index (κ1) is 12.6. The Morgan fingerprint density at radius 3 is 2.61 bits per heavy atom. The Labute approximate surface area is 107 Å². The second kappa shape index (κ2) is 5.69. The van der Waals surface area contributed by atoms with E-state index < -0.39 is 0 Å². The number of hydrogen-bond acceptors (Lipinski definition) is 4. The fourth-order valence-corrected chi connectivity index (χ4v) is 1.56. The quantitative estimate of drug-likeness (QED) is 0.881. The monoisotopic (exact) mass is 246 g/mol. The highest BCUT2D eigenvalue weighted by Crippen LogP contribution is 2.23. The molecule has 4 nitrogen and oxygen atoms in total.